The Labute approximate surface area is 86.2 Å². The van der Waals surface area contributed by atoms with Gasteiger partial charge in [0.1, 0.15) is 0 Å². The summed E-state index contributed by atoms with van der Waals surface area (Å²) in [5.41, 5.74) is 4.92. The van der Waals surface area contributed by atoms with Gasteiger partial charge in [0.2, 0.25) is 5.91 Å². The molecule has 0 aromatic heterocycles. The van der Waals surface area contributed by atoms with Crippen LogP contribution in [0.1, 0.15) is 25.7 Å². The fourth-order valence-corrected chi connectivity index (χ4v) is 1.87. The molecular weight excluding hydrogens is 209 g/mol. The summed E-state index contributed by atoms with van der Waals surface area (Å²) in [4.78, 5) is 10.4. The fraction of sp³-hybridized carbons (Fsp3) is 0.889. The molecule has 0 atom stereocenters. The molecule has 0 radical (unpaired) electrons. The zero-order chi connectivity index (χ0) is 11.5. The molecule has 3 N–H and O–H groups in total. The number of halogens is 3. The molecule has 0 bridgehead atoms. The van der Waals surface area contributed by atoms with Crippen LogP contribution < -0.4 is 11.1 Å². The van der Waals surface area contributed by atoms with Crippen molar-refractivity contribution in [1.29, 1.82) is 0 Å². The molecule has 0 aliphatic heterocycles. The summed E-state index contributed by atoms with van der Waals surface area (Å²) >= 11 is 0. The van der Waals surface area contributed by atoms with Crippen molar-refractivity contribution in [1.82, 2.24) is 5.32 Å². The molecule has 0 heterocycles. The summed E-state index contributed by atoms with van der Waals surface area (Å²) in [6.45, 7) is 0.0430. The predicted octanol–water partition coefficient (Wildman–Crippen LogP) is 1.18. The van der Waals surface area contributed by atoms with Crippen molar-refractivity contribution in [2.75, 3.05) is 6.54 Å². The van der Waals surface area contributed by atoms with Gasteiger partial charge in [-0.15, -0.1) is 0 Å². The van der Waals surface area contributed by atoms with E-state index in [9.17, 15) is 18.0 Å². The normalized spacial score (nSPS) is 27.7. The Bertz CT molecular complexity index is 222. The van der Waals surface area contributed by atoms with Crippen LogP contribution in [0, 0.1) is 5.92 Å². The van der Waals surface area contributed by atoms with Crippen molar-refractivity contribution >= 4 is 5.91 Å². The lowest BCUT2D eigenvalue weighted by Gasteiger charge is -2.30. The summed E-state index contributed by atoms with van der Waals surface area (Å²) in [7, 11) is 0. The third kappa shape index (κ3) is 4.07. The first kappa shape index (κ1) is 12.3. The minimum Gasteiger partial charge on any atom is -0.369 e. The number of carbonyl (C=O) groups excluding carboxylic acids is 1. The van der Waals surface area contributed by atoms with Crippen LogP contribution in [-0.4, -0.2) is 24.7 Å². The number of rotatable bonds is 3. The van der Waals surface area contributed by atoms with E-state index in [0.29, 0.717) is 12.8 Å². The van der Waals surface area contributed by atoms with Gasteiger partial charge in [0.05, 0.1) is 12.5 Å². The van der Waals surface area contributed by atoms with Crippen molar-refractivity contribution in [3.63, 3.8) is 0 Å². The Hall–Kier alpha value is -0.780. The van der Waals surface area contributed by atoms with Crippen molar-refractivity contribution in [2.45, 2.75) is 37.9 Å². The molecule has 0 aromatic rings. The number of primary amides is 1. The Morgan fingerprint density at radius 1 is 1.27 bits per heavy atom. The van der Waals surface area contributed by atoms with Crippen LogP contribution in [0.25, 0.3) is 0 Å². The monoisotopic (exact) mass is 224 g/mol. The van der Waals surface area contributed by atoms with Crippen LogP contribution in [0.2, 0.25) is 0 Å². The maximum Gasteiger partial charge on any atom is 0.391 e. The second-order valence-corrected chi connectivity index (χ2v) is 3.94. The summed E-state index contributed by atoms with van der Waals surface area (Å²) in [5, 5.41) is 2.85. The summed E-state index contributed by atoms with van der Waals surface area (Å²) in [6.07, 6.45) is -2.89. The topological polar surface area (TPSA) is 55.1 Å². The molecular formula is C9H15F3N2O. The van der Waals surface area contributed by atoms with E-state index in [2.05, 4.69) is 5.32 Å². The number of nitrogens with two attached hydrogens (primary N) is 1. The smallest absolute Gasteiger partial charge is 0.369 e. The van der Waals surface area contributed by atoms with Gasteiger partial charge in [0.25, 0.3) is 0 Å². The molecule has 1 fully saturated rings. The molecule has 6 heteroatoms. The third-order valence-electron chi connectivity index (χ3n) is 2.76. The van der Waals surface area contributed by atoms with E-state index in [1.807, 2.05) is 0 Å². The Morgan fingerprint density at radius 3 is 2.20 bits per heavy atom. The summed E-state index contributed by atoms with van der Waals surface area (Å²) in [5.74, 6) is -1.66. The molecule has 88 valence electrons. The van der Waals surface area contributed by atoms with E-state index in [-0.39, 0.29) is 25.4 Å². The molecule has 15 heavy (non-hydrogen) atoms. The van der Waals surface area contributed by atoms with Crippen molar-refractivity contribution in [3.8, 4) is 0 Å². The summed E-state index contributed by atoms with van der Waals surface area (Å²) < 4.78 is 36.9. The third-order valence-corrected chi connectivity index (χ3v) is 2.76. The van der Waals surface area contributed by atoms with Gasteiger partial charge >= 0.3 is 6.18 Å². The SMILES string of the molecule is NC(=O)CNC1CCC(C(F)(F)F)CC1. The predicted molar refractivity (Wildman–Crippen MR) is 49.0 cm³/mol. The highest BCUT2D eigenvalue weighted by molar-refractivity contribution is 5.75. The number of hydrogen-bond donors (Lipinski definition) is 2. The molecule has 3 nitrogen and oxygen atoms in total. The van der Waals surface area contributed by atoms with Crippen LogP contribution in [0.4, 0.5) is 13.2 Å². The molecule has 0 unspecified atom stereocenters. The number of amides is 1. The second-order valence-electron chi connectivity index (χ2n) is 3.94. The van der Waals surface area contributed by atoms with E-state index in [4.69, 9.17) is 5.73 Å². The van der Waals surface area contributed by atoms with Crippen molar-refractivity contribution < 1.29 is 18.0 Å². The highest BCUT2D eigenvalue weighted by Gasteiger charge is 2.41. The molecule has 1 saturated carbocycles. The molecule has 0 saturated heterocycles. The first-order valence-electron chi connectivity index (χ1n) is 4.98. The quantitative estimate of drug-likeness (QED) is 0.756. The van der Waals surface area contributed by atoms with Crippen LogP contribution in [0.5, 0.6) is 0 Å². The molecule has 1 aliphatic rings. The fourth-order valence-electron chi connectivity index (χ4n) is 1.87. The second kappa shape index (κ2) is 4.83. The Balaban J connectivity index is 2.27. The number of carbonyl (C=O) groups is 1. The molecule has 1 amide bonds. The first-order chi connectivity index (χ1) is 6.89. The lowest BCUT2D eigenvalue weighted by Crippen LogP contribution is -2.40. The average molecular weight is 224 g/mol. The largest absolute Gasteiger partial charge is 0.391 e. The highest BCUT2D eigenvalue weighted by Crippen LogP contribution is 2.37. The maximum absolute atomic E-state index is 12.3. The maximum atomic E-state index is 12.3. The Morgan fingerprint density at radius 2 is 1.80 bits per heavy atom. The lowest BCUT2D eigenvalue weighted by molar-refractivity contribution is -0.182. The standard InChI is InChI=1S/C9H15F3N2O/c10-9(11,12)6-1-3-7(4-2-6)14-5-8(13)15/h6-7,14H,1-5H2,(H2,13,15). The van der Waals surface area contributed by atoms with Crippen LogP contribution in [0.15, 0.2) is 0 Å². The van der Waals surface area contributed by atoms with Crippen molar-refractivity contribution in [2.24, 2.45) is 11.7 Å². The molecule has 1 aliphatic carbocycles. The number of alkyl halides is 3. The van der Waals surface area contributed by atoms with E-state index in [1.54, 1.807) is 0 Å². The van der Waals surface area contributed by atoms with Gasteiger partial charge < -0.3 is 11.1 Å². The molecule has 0 spiro atoms. The Kier molecular flexibility index (Phi) is 3.96. The lowest BCUT2D eigenvalue weighted by atomic mass is 9.85. The number of nitrogens with one attached hydrogen (secondary N) is 1. The minimum absolute atomic E-state index is 0.00361. The van der Waals surface area contributed by atoms with Gasteiger partial charge in [0, 0.05) is 6.04 Å². The van der Waals surface area contributed by atoms with Crippen LogP contribution in [-0.2, 0) is 4.79 Å². The summed E-state index contributed by atoms with van der Waals surface area (Å²) in [6, 6.07) is -0.00361. The first-order valence-corrected chi connectivity index (χ1v) is 4.98. The van der Waals surface area contributed by atoms with E-state index >= 15 is 0 Å². The highest BCUT2D eigenvalue weighted by atomic mass is 19.4. The van der Waals surface area contributed by atoms with Gasteiger partial charge in [-0.25, -0.2) is 0 Å². The molecule has 0 aromatic carbocycles. The van der Waals surface area contributed by atoms with Gasteiger partial charge in [0.15, 0.2) is 0 Å². The van der Waals surface area contributed by atoms with Gasteiger partial charge in [-0.2, -0.15) is 13.2 Å². The zero-order valence-corrected chi connectivity index (χ0v) is 8.31. The van der Waals surface area contributed by atoms with Crippen LogP contribution >= 0.6 is 0 Å². The van der Waals surface area contributed by atoms with E-state index in [1.165, 1.54) is 0 Å². The van der Waals surface area contributed by atoms with Gasteiger partial charge in [-0.05, 0) is 25.7 Å². The average Bonchev–Trinajstić information content (AvgIpc) is 2.14. The zero-order valence-electron chi connectivity index (χ0n) is 8.31. The van der Waals surface area contributed by atoms with Crippen molar-refractivity contribution in [3.05, 3.63) is 0 Å². The molecule has 1 rings (SSSR count). The number of hydrogen-bond acceptors (Lipinski definition) is 2. The van der Waals surface area contributed by atoms with Crippen LogP contribution in [0.3, 0.4) is 0 Å². The van der Waals surface area contributed by atoms with E-state index < -0.39 is 18.0 Å². The van der Waals surface area contributed by atoms with Gasteiger partial charge in [-0.3, -0.25) is 4.79 Å². The minimum atomic E-state index is -4.07. The van der Waals surface area contributed by atoms with E-state index in [0.717, 1.165) is 0 Å². The van der Waals surface area contributed by atoms with Gasteiger partial charge in [-0.1, -0.05) is 0 Å².